The molecule has 0 radical (unpaired) electrons. The minimum absolute atomic E-state index is 0.168. The van der Waals surface area contributed by atoms with Crippen LogP contribution in [0.15, 0.2) is 53.4 Å². The lowest BCUT2D eigenvalue weighted by atomic mass is 10.1. The van der Waals surface area contributed by atoms with Gasteiger partial charge in [-0.05, 0) is 41.3 Å². The maximum atomic E-state index is 12.8. The van der Waals surface area contributed by atoms with E-state index in [0.29, 0.717) is 6.54 Å². The van der Waals surface area contributed by atoms with E-state index in [9.17, 15) is 13.2 Å². The number of benzene rings is 2. The van der Waals surface area contributed by atoms with Gasteiger partial charge in [0, 0.05) is 10.5 Å². The number of aromatic nitrogens is 4. The third-order valence-corrected chi connectivity index (χ3v) is 4.13. The Hall–Kier alpha value is -2.35. The van der Waals surface area contributed by atoms with Crippen molar-refractivity contribution in [2.75, 3.05) is 6.26 Å². The zero-order valence-corrected chi connectivity index (χ0v) is 13.5. The monoisotopic (exact) mass is 350 g/mol. The summed E-state index contributed by atoms with van der Waals surface area (Å²) in [7, 11) is 0. The van der Waals surface area contributed by atoms with E-state index >= 15 is 0 Å². The highest BCUT2D eigenvalue weighted by Gasteiger charge is 2.30. The molecule has 0 aliphatic heterocycles. The van der Waals surface area contributed by atoms with E-state index in [0.717, 1.165) is 22.6 Å². The molecule has 0 N–H and O–H groups in total. The topological polar surface area (TPSA) is 43.6 Å². The molecule has 0 atom stereocenters. The molecule has 3 aromatic rings. The molecule has 0 saturated heterocycles. The molecule has 0 bridgehead atoms. The van der Waals surface area contributed by atoms with Crippen molar-refractivity contribution in [3.05, 3.63) is 59.7 Å². The Morgan fingerprint density at radius 2 is 1.83 bits per heavy atom. The molecule has 8 heteroatoms. The van der Waals surface area contributed by atoms with E-state index in [2.05, 4.69) is 15.4 Å². The van der Waals surface area contributed by atoms with Crippen LogP contribution in [0.5, 0.6) is 0 Å². The van der Waals surface area contributed by atoms with Gasteiger partial charge in [-0.15, -0.1) is 22.0 Å². The predicted molar refractivity (Wildman–Crippen MR) is 85.6 cm³/mol. The van der Waals surface area contributed by atoms with Gasteiger partial charge in [-0.3, -0.25) is 0 Å². The van der Waals surface area contributed by atoms with Crippen LogP contribution in [0.4, 0.5) is 13.2 Å². The Labute approximate surface area is 140 Å². The Morgan fingerprint density at radius 1 is 1.08 bits per heavy atom. The van der Waals surface area contributed by atoms with Crippen LogP contribution in [-0.2, 0) is 12.7 Å². The van der Waals surface area contributed by atoms with Crippen LogP contribution in [0.3, 0.4) is 0 Å². The second-order valence-electron chi connectivity index (χ2n) is 5.07. The van der Waals surface area contributed by atoms with Crippen molar-refractivity contribution in [1.82, 2.24) is 20.2 Å². The first-order valence-electron chi connectivity index (χ1n) is 7.04. The number of halogens is 3. The Bertz CT molecular complexity index is 828. The summed E-state index contributed by atoms with van der Waals surface area (Å²) in [6.45, 7) is 0.403. The lowest BCUT2D eigenvalue weighted by molar-refractivity contribution is -0.137. The van der Waals surface area contributed by atoms with E-state index in [4.69, 9.17) is 0 Å². The summed E-state index contributed by atoms with van der Waals surface area (Å²) in [6, 6.07) is 12.8. The molecule has 4 nitrogen and oxygen atoms in total. The van der Waals surface area contributed by atoms with Crippen LogP contribution in [0, 0.1) is 0 Å². The molecule has 1 aromatic heterocycles. The summed E-state index contributed by atoms with van der Waals surface area (Å²) in [6.07, 6.45) is -2.40. The highest BCUT2D eigenvalue weighted by Crippen LogP contribution is 2.31. The largest absolute Gasteiger partial charge is 0.416 e. The Kier molecular flexibility index (Phi) is 4.57. The first-order valence-corrected chi connectivity index (χ1v) is 8.26. The van der Waals surface area contributed by atoms with Gasteiger partial charge in [-0.2, -0.15) is 18.0 Å². The maximum absolute atomic E-state index is 12.8. The summed E-state index contributed by atoms with van der Waals surface area (Å²) in [4.78, 5) is 2.51. The number of nitrogens with zero attached hydrogens (tertiary/aromatic N) is 4. The molecule has 0 fully saturated rings. The first kappa shape index (κ1) is 16.5. The lowest BCUT2D eigenvalue weighted by Gasteiger charge is -2.06. The quantitative estimate of drug-likeness (QED) is 0.664. The SMILES string of the molecule is CSc1ccc(Cn2nnc(-c3cccc(C(F)(F)F)c3)n2)cc1. The summed E-state index contributed by atoms with van der Waals surface area (Å²) in [5.74, 6) is 0.168. The molecular weight excluding hydrogens is 337 g/mol. The van der Waals surface area contributed by atoms with Crippen molar-refractivity contribution in [1.29, 1.82) is 0 Å². The normalized spacial score (nSPS) is 11.7. The zero-order valence-electron chi connectivity index (χ0n) is 12.7. The number of tetrazole rings is 1. The first-order chi connectivity index (χ1) is 11.5. The lowest BCUT2D eigenvalue weighted by Crippen LogP contribution is -2.05. The molecule has 0 aliphatic rings. The third kappa shape index (κ3) is 3.76. The van der Waals surface area contributed by atoms with Crippen molar-refractivity contribution in [2.24, 2.45) is 0 Å². The van der Waals surface area contributed by atoms with E-state index in [1.54, 1.807) is 11.8 Å². The van der Waals surface area contributed by atoms with Crippen LogP contribution in [0.1, 0.15) is 11.1 Å². The second-order valence-corrected chi connectivity index (χ2v) is 5.95. The minimum Gasteiger partial charge on any atom is -0.166 e. The van der Waals surface area contributed by atoms with Gasteiger partial charge in [0.2, 0.25) is 5.82 Å². The molecule has 24 heavy (non-hydrogen) atoms. The van der Waals surface area contributed by atoms with E-state index in [-0.39, 0.29) is 11.4 Å². The van der Waals surface area contributed by atoms with Gasteiger partial charge in [0.25, 0.3) is 0 Å². The van der Waals surface area contributed by atoms with E-state index in [1.807, 2.05) is 30.5 Å². The standard InChI is InChI=1S/C16H13F3N4S/c1-24-14-7-5-11(6-8-14)10-23-21-15(20-22-23)12-3-2-4-13(9-12)16(17,18)19/h2-9H,10H2,1H3. The van der Waals surface area contributed by atoms with Crippen molar-refractivity contribution in [3.8, 4) is 11.4 Å². The fraction of sp³-hybridized carbons (Fsp3) is 0.188. The molecule has 1 heterocycles. The molecule has 0 amide bonds. The molecule has 0 aliphatic carbocycles. The molecule has 0 unspecified atom stereocenters. The second kappa shape index (κ2) is 6.64. The average molecular weight is 350 g/mol. The Balaban J connectivity index is 1.80. The van der Waals surface area contributed by atoms with Gasteiger partial charge in [0.15, 0.2) is 0 Å². The number of hydrogen-bond acceptors (Lipinski definition) is 4. The molecule has 2 aromatic carbocycles. The number of rotatable bonds is 4. The van der Waals surface area contributed by atoms with Crippen molar-refractivity contribution >= 4 is 11.8 Å². The fourth-order valence-corrected chi connectivity index (χ4v) is 2.56. The minimum atomic E-state index is -4.40. The van der Waals surface area contributed by atoms with E-state index in [1.165, 1.54) is 16.9 Å². The third-order valence-electron chi connectivity index (χ3n) is 3.38. The van der Waals surface area contributed by atoms with Gasteiger partial charge < -0.3 is 0 Å². The van der Waals surface area contributed by atoms with Gasteiger partial charge in [-0.25, -0.2) is 0 Å². The van der Waals surface area contributed by atoms with Crippen LogP contribution in [0.2, 0.25) is 0 Å². The molecular formula is C16H13F3N4S. The van der Waals surface area contributed by atoms with Crippen molar-refractivity contribution in [2.45, 2.75) is 17.6 Å². The molecule has 124 valence electrons. The fourth-order valence-electron chi connectivity index (χ4n) is 2.15. The smallest absolute Gasteiger partial charge is 0.166 e. The van der Waals surface area contributed by atoms with Gasteiger partial charge >= 0.3 is 6.18 Å². The van der Waals surface area contributed by atoms with Gasteiger partial charge in [0.05, 0.1) is 12.1 Å². The van der Waals surface area contributed by atoms with Crippen LogP contribution < -0.4 is 0 Å². The molecule has 3 rings (SSSR count). The zero-order chi connectivity index (χ0) is 17.2. The summed E-state index contributed by atoms with van der Waals surface area (Å²) in [5, 5.41) is 11.9. The highest BCUT2D eigenvalue weighted by atomic mass is 32.2. The summed E-state index contributed by atoms with van der Waals surface area (Å²) in [5.41, 5.74) is 0.540. The van der Waals surface area contributed by atoms with Crippen LogP contribution in [0.25, 0.3) is 11.4 Å². The molecule has 0 spiro atoms. The Morgan fingerprint density at radius 3 is 2.50 bits per heavy atom. The highest BCUT2D eigenvalue weighted by molar-refractivity contribution is 7.98. The molecule has 0 saturated carbocycles. The van der Waals surface area contributed by atoms with Crippen LogP contribution >= 0.6 is 11.8 Å². The number of hydrogen-bond donors (Lipinski definition) is 0. The van der Waals surface area contributed by atoms with Gasteiger partial charge in [0.1, 0.15) is 0 Å². The van der Waals surface area contributed by atoms with Crippen LogP contribution in [-0.4, -0.2) is 26.5 Å². The van der Waals surface area contributed by atoms with Crippen molar-refractivity contribution < 1.29 is 13.2 Å². The van der Waals surface area contributed by atoms with E-state index < -0.39 is 11.7 Å². The number of alkyl halides is 3. The summed E-state index contributed by atoms with van der Waals surface area (Å²) >= 11 is 1.65. The summed E-state index contributed by atoms with van der Waals surface area (Å²) < 4.78 is 38.3. The average Bonchev–Trinajstić information content (AvgIpc) is 3.03. The van der Waals surface area contributed by atoms with Crippen molar-refractivity contribution in [3.63, 3.8) is 0 Å². The maximum Gasteiger partial charge on any atom is 0.416 e. The predicted octanol–water partition coefficient (Wildman–Crippen LogP) is 4.13. The number of thioether (sulfide) groups is 1. The van der Waals surface area contributed by atoms with Gasteiger partial charge in [-0.1, -0.05) is 24.3 Å².